The first-order valence-corrected chi connectivity index (χ1v) is 8.58. The van der Waals surface area contributed by atoms with E-state index in [1.54, 1.807) is 12.1 Å². The summed E-state index contributed by atoms with van der Waals surface area (Å²) < 4.78 is 17.6. The molecule has 0 radical (unpaired) electrons. The quantitative estimate of drug-likeness (QED) is 0.716. The van der Waals surface area contributed by atoms with E-state index in [4.69, 9.17) is 13.9 Å². The molecule has 24 heavy (non-hydrogen) atoms. The standard InChI is InChI=1S/C15H10BrN3O4S/c16-12-6-5-11(24-12)14-18-19-15(23-14)17-13(20)10-7-21-8-3-1-2-4-9(8)22-10/h1-6,10H,7H2,(H,17,19,20). The number of thiophene rings is 1. The Hall–Kier alpha value is -2.39. The average molecular weight is 408 g/mol. The van der Waals surface area contributed by atoms with E-state index in [-0.39, 0.29) is 12.6 Å². The van der Waals surface area contributed by atoms with Crippen molar-refractivity contribution in [3.05, 3.63) is 40.2 Å². The number of carbonyl (C=O) groups excluding carboxylic acids is 1. The molecule has 3 aromatic rings. The molecular weight excluding hydrogens is 398 g/mol. The van der Waals surface area contributed by atoms with Gasteiger partial charge in [0, 0.05) is 0 Å². The number of anilines is 1. The molecule has 1 unspecified atom stereocenters. The van der Waals surface area contributed by atoms with E-state index < -0.39 is 12.0 Å². The summed E-state index contributed by atoms with van der Waals surface area (Å²) >= 11 is 4.83. The number of carbonyl (C=O) groups is 1. The van der Waals surface area contributed by atoms with Gasteiger partial charge >= 0.3 is 6.01 Å². The predicted molar refractivity (Wildman–Crippen MR) is 90.3 cm³/mol. The highest BCUT2D eigenvalue weighted by Crippen LogP contribution is 2.32. The van der Waals surface area contributed by atoms with E-state index in [0.29, 0.717) is 17.4 Å². The van der Waals surface area contributed by atoms with Crippen LogP contribution in [0.3, 0.4) is 0 Å². The van der Waals surface area contributed by atoms with Crippen molar-refractivity contribution in [3.63, 3.8) is 0 Å². The molecule has 1 aliphatic heterocycles. The summed E-state index contributed by atoms with van der Waals surface area (Å²) in [6.07, 6.45) is -0.786. The smallest absolute Gasteiger partial charge is 0.322 e. The number of para-hydroxylation sites is 2. The molecule has 3 heterocycles. The van der Waals surface area contributed by atoms with Crippen LogP contribution >= 0.6 is 27.3 Å². The minimum Gasteiger partial charge on any atom is -0.485 e. The second kappa shape index (κ2) is 6.25. The van der Waals surface area contributed by atoms with Gasteiger partial charge in [-0.2, -0.15) is 0 Å². The van der Waals surface area contributed by atoms with Crippen LogP contribution in [0.5, 0.6) is 11.5 Å². The second-order valence-electron chi connectivity index (χ2n) is 4.87. The fraction of sp³-hybridized carbons (Fsp3) is 0.133. The lowest BCUT2D eigenvalue weighted by Crippen LogP contribution is -2.40. The Labute approximate surface area is 148 Å². The van der Waals surface area contributed by atoms with Gasteiger partial charge in [-0.1, -0.05) is 17.2 Å². The largest absolute Gasteiger partial charge is 0.485 e. The van der Waals surface area contributed by atoms with E-state index in [1.807, 2.05) is 24.3 Å². The molecule has 0 saturated carbocycles. The maximum Gasteiger partial charge on any atom is 0.322 e. The van der Waals surface area contributed by atoms with E-state index >= 15 is 0 Å². The van der Waals surface area contributed by atoms with E-state index in [1.165, 1.54) is 11.3 Å². The van der Waals surface area contributed by atoms with Gasteiger partial charge in [0.05, 0.1) is 8.66 Å². The van der Waals surface area contributed by atoms with Gasteiger partial charge in [-0.3, -0.25) is 10.1 Å². The van der Waals surface area contributed by atoms with Crippen LogP contribution < -0.4 is 14.8 Å². The molecule has 4 rings (SSSR count). The maximum atomic E-state index is 12.3. The normalized spacial score (nSPS) is 16.0. The van der Waals surface area contributed by atoms with E-state index in [2.05, 4.69) is 31.4 Å². The van der Waals surface area contributed by atoms with Gasteiger partial charge in [0.2, 0.25) is 6.10 Å². The van der Waals surface area contributed by atoms with Crippen molar-refractivity contribution < 1.29 is 18.7 Å². The topological polar surface area (TPSA) is 86.5 Å². The lowest BCUT2D eigenvalue weighted by atomic mass is 10.2. The van der Waals surface area contributed by atoms with Crippen molar-refractivity contribution in [1.82, 2.24) is 10.2 Å². The summed E-state index contributed by atoms with van der Waals surface area (Å²) in [5, 5.41) is 10.3. The number of nitrogens with zero attached hydrogens (tertiary/aromatic N) is 2. The van der Waals surface area contributed by atoms with E-state index in [9.17, 15) is 4.79 Å². The number of nitrogens with one attached hydrogen (secondary N) is 1. The Morgan fingerprint density at radius 2 is 2.04 bits per heavy atom. The molecule has 1 atom stereocenters. The van der Waals surface area contributed by atoms with Crippen LogP contribution in [0.2, 0.25) is 0 Å². The zero-order valence-corrected chi connectivity index (χ0v) is 14.5. The summed E-state index contributed by atoms with van der Waals surface area (Å²) in [6, 6.07) is 10.9. The highest BCUT2D eigenvalue weighted by molar-refractivity contribution is 9.11. The zero-order chi connectivity index (χ0) is 16.5. The fourth-order valence-electron chi connectivity index (χ4n) is 2.14. The Bertz CT molecular complexity index is 894. The highest BCUT2D eigenvalue weighted by atomic mass is 79.9. The predicted octanol–water partition coefficient (Wildman–Crippen LogP) is 3.34. The van der Waals surface area contributed by atoms with Crippen molar-refractivity contribution in [2.75, 3.05) is 11.9 Å². The number of ether oxygens (including phenoxy) is 2. The van der Waals surface area contributed by atoms with Crippen LogP contribution in [0.4, 0.5) is 6.01 Å². The first-order valence-electron chi connectivity index (χ1n) is 6.97. The van der Waals surface area contributed by atoms with Crippen molar-refractivity contribution >= 4 is 39.2 Å². The Morgan fingerprint density at radius 1 is 1.21 bits per heavy atom. The van der Waals surface area contributed by atoms with Crippen molar-refractivity contribution in [2.24, 2.45) is 0 Å². The van der Waals surface area contributed by atoms with Gasteiger partial charge in [-0.15, -0.1) is 16.4 Å². The van der Waals surface area contributed by atoms with Crippen molar-refractivity contribution in [3.8, 4) is 22.3 Å². The number of fused-ring (bicyclic) bond motifs is 1. The fourth-order valence-corrected chi connectivity index (χ4v) is 3.44. The summed E-state index contributed by atoms with van der Waals surface area (Å²) in [6.45, 7) is 0.113. The molecule has 9 heteroatoms. The maximum absolute atomic E-state index is 12.3. The lowest BCUT2D eigenvalue weighted by Gasteiger charge is -2.24. The third kappa shape index (κ3) is 3.00. The first-order chi connectivity index (χ1) is 11.7. The number of benzene rings is 1. The van der Waals surface area contributed by atoms with Crippen molar-refractivity contribution in [1.29, 1.82) is 0 Å². The molecule has 0 bridgehead atoms. The molecule has 1 N–H and O–H groups in total. The Morgan fingerprint density at radius 3 is 2.83 bits per heavy atom. The molecule has 0 aliphatic carbocycles. The van der Waals surface area contributed by atoms with Crippen LogP contribution in [-0.2, 0) is 4.79 Å². The van der Waals surface area contributed by atoms with Gasteiger partial charge in [0.15, 0.2) is 11.5 Å². The van der Waals surface area contributed by atoms with Crippen LogP contribution in [0.15, 0.2) is 44.6 Å². The number of aromatic nitrogens is 2. The molecule has 2 aromatic heterocycles. The molecule has 1 aromatic carbocycles. The van der Waals surface area contributed by atoms with Crippen LogP contribution in [0.1, 0.15) is 0 Å². The molecule has 1 amide bonds. The number of halogens is 1. The van der Waals surface area contributed by atoms with Gasteiger partial charge in [0.25, 0.3) is 11.8 Å². The molecule has 0 saturated heterocycles. The first kappa shape index (κ1) is 15.2. The molecular formula is C15H10BrN3O4S. The molecule has 1 aliphatic rings. The van der Waals surface area contributed by atoms with Gasteiger partial charge in [-0.25, -0.2) is 0 Å². The van der Waals surface area contributed by atoms with Crippen LogP contribution in [0, 0.1) is 0 Å². The highest BCUT2D eigenvalue weighted by Gasteiger charge is 2.28. The molecule has 0 fully saturated rings. The summed E-state index contributed by atoms with van der Waals surface area (Å²) in [5.41, 5.74) is 0. The third-order valence-electron chi connectivity index (χ3n) is 3.24. The SMILES string of the molecule is O=C(Nc1nnc(-c2ccc(Br)s2)o1)C1COc2ccccc2O1. The Kier molecular flexibility index (Phi) is 3.95. The van der Waals surface area contributed by atoms with Crippen LogP contribution in [0.25, 0.3) is 10.8 Å². The number of amides is 1. The minimum absolute atomic E-state index is 0.0157. The van der Waals surface area contributed by atoms with Gasteiger partial charge in [-0.05, 0) is 40.2 Å². The zero-order valence-electron chi connectivity index (χ0n) is 12.1. The average Bonchev–Trinajstić information content (AvgIpc) is 3.23. The number of hydrogen-bond acceptors (Lipinski definition) is 7. The van der Waals surface area contributed by atoms with Gasteiger partial charge in [0.1, 0.15) is 6.61 Å². The summed E-state index contributed by atoms with van der Waals surface area (Å²) in [4.78, 5) is 13.1. The minimum atomic E-state index is -0.786. The molecule has 7 nitrogen and oxygen atoms in total. The lowest BCUT2D eigenvalue weighted by molar-refractivity contribution is -0.125. The third-order valence-corrected chi connectivity index (χ3v) is 4.85. The number of hydrogen-bond donors (Lipinski definition) is 1. The van der Waals surface area contributed by atoms with E-state index in [0.717, 1.165) is 8.66 Å². The second-order valence-corrected chi connectivity index (χ2v) is 7.33. The summed E-state index contributed by atoms with van der Waals surface area (Å²) in [5.74, 6) is 1.07. The monoisotopic (exact) mass is 407 g/mol. The molecule has 122 valence electrons. The van der Waals surface area contributed by atoms with Crippen molar-refractivity contribution in [2.45, 2.75) is 6.10 Å². The summed E-state index contributed by atoms with van der Waals surface area (Å²) in [7, 11) is 0. The Balaban J connectivity index is 1.44. The van der Waals surface area contributed by atoms with Gasteiger partial charge < -0.3 is 13.9 Å². The van der Waals surface area contributed by atoms with Crippen LogP contribution in [-0.4, -0.2) is 28.8 Å². The number of rotatable bonds is 3. The molecule has 0 spiro atoms.